The number of nitrogens with zero attached hydrogens (tertiary/aromatic N) is 5. The fourth-order valence-corrected chi connectivity index (χ4v) is 4.53. The lowest BCUT2D eigenvalue weighted by atomic mass is 10.1. The first-order valence-electron chi connectivity index (χ1n) is 12.5. The largest absolute Gasteiger partial charge is 0.395 e. The number of β-amino-alcohol motifs (C(OH)–C–C–N with tert-alkyl or cyclic N) is 1. The number of para-hydroxylation sites is 1. The van der Waals surface area contributed by atoms with Gasteiger partial charge in [0, 0.05) is 61.8 Å². The Morgan fingerprint density at radius 2 is 1.90 bits per heavy atom. The third-order valence-electron chi connectivity index (χ3n) is 6.54. The number of carbonyl (C=O) groups is 1. The summed E-state index contributed by atoms with van der Waals surface area (Å²) in [5, 5.41) is 15.3. The number of nitrogens with one attached hydrogen (secondary N) is 2. The van der Waals surface area contributed by atoms with Crippen molar-refractivity contribution in [3.05, 3.63) is 79.1 Å². The van der Waals surface area contributed by atoms with Crippen LogP contribution in [-0.2, 0) is 4.79 Å². The highest BCUT2D eigenvalue weighted by molar-refractivity contribution is 5.99. The Bertz CT molecular complexity index is 1520. The van der Waals surface area contributed by atoms with E-state index in [1.54, 1.807) is 35.5 Å². The number of benzene rings is 2. The molecule has 1 fully saturated rings. The quantitative estimate of drug-likeness (QED) is 0.294. The van der Waals surface area contributed by atoms with Gasteiger partial charge in [-0.15, -0.1) is 0 Å². The molecular formula is C28H27F2N7O2. The number of piperazine rings is 1. The Hall–Kier alpha value is -4.48. The van der Waals surface area contributed by atoms with Crippen molar-refractivity contribution < 1.29 is 18.7 Å². The lowest BCUT2D eigenvalue weighted by Gasteiger charge is -2.36. The molecule has 1 aliphatic heterocycles. The van der Waals surface area contributed by atoms with E-state index in [2.05, 4.69) is 37.1 Å². The predicted octanol–water partition coefficient (Wildman–Crippen LogP) is 3.95. The molecular weight excluding hydrogens is 504 g/mol. The van der Waals surface area contributed by atoms with Gasteiger partial charge in [-0.3, -0.25) is 14.7 Å². The van der Waals surface area contributed by atoms with E-state index < -0.39 is 11.6 Å². The summed E-state index contributed by atoms with van der Waals surface area (Å²) in [5.41, 5.74) is 2.44. The van der Waals surface area contributed by atoms with Crippen molar-refractivity contribution in [1.29, 1.82) is 0 Å². The van der Waals surface area contributed by atoms with Gasteiger partial charge >= 0.3 is 0 Å². The zero-order valence-electron chi connectivity index (χ0n) is 21.1. The summed E-state index contributed by atoms with van der Waals surface area (Å²) >= 11 is 0. The Balaban J connectivity index is 1.40. The van der Waals surface area contributed by atoms with Crippen LogP contribution in [0.25, 0.3) is 22.2 Å². The summed E-state index contributed by atoms with van der Waals surface area (Å²) in [6, 6.07) is 11.9. The summed E-state index contributed by atoms with van der Waals surface area (Å²) in [6.45, 7) is 6.48. The molecule has 11 heteroatoms. The Labute approximate surface area is 223 Å². The number of aliphatic hydroxyl groups is 1. The molecule has 1 aliphatic rings. The number of aromatic nitrogens is 3. The Morgan fingerprint density at radius 3 is 2.67 bits per heavy atom. The highest BCUT2D eigenvalue weighted by atomic mass is 19.2. The molecule has 0 radical (unpaired) electrons. The smallest absolute Gasteiger partial charge is 0.247 e. The second-order valence-electron chi connectivity index (χ2n) is 9.00. The van der Waals surface area contributed by atoms with Gasteiger partial charge < -0.3 is 20.6 Å². The van der Waals surface area contributed by atoms with Crippen LogP contribution in [0.4, 0.5) is 31.8 Å². The van der Waals surface area contributed by atoms with Crippen molar-refractivity contribution in [2.24, 2.45) is 0 Å². The maximum absolute atomic E-state index is 15.1. The predicted molar refractivity (Wildman–Crippen MR) is 147 cm³/mol. The van der Waals surface area contributed by atoms with Gasteiger partial charge in [0.05, 0.1) is 29.2 Å². The van der Waals surface area contributed by atoms with Crippen LogP contribution >= 0.6 is 0 Å². The van der Waals surface area contributed by atoms with E-state index in [0.717, 1.165) is 5.39 Å². The van der Waals surface area contributed by atoms with Crippen LogP contribution in [0.3, 0.4) is 0 Å². The highest BCUT2D eigenvalue weighted by Crippen LogP contribution is 2.31. The molecule has 200 valence electrons. The SMILES string of the molecule is C=CC(=O)Nc1ccnc(-c2cccc3cnc(Nc4ccc(N5CCN(CCO)CC5)c(F)c4F)nc23)c1. The van der Waals surface area contributed by atoms with E-state index in [9.17, 15) is 4.79 Å². The zero-order chi connectivity index (χ0) is 27.4. The summed E-state index contributed by atoms with van der Waals surface area (Å²) in [5.74, 6) is -2.22. The van der Waals surface area contributed by atoms with E-state index in [1.807, 2.05) is 18.2 Å². The Kier molecular flexibility index (Phi) is 7.71. The molecule has 2 aromatic heterocycles. The monoisotopic (exact) mass is 531 g/mol. The van der Waals surface area contributed by atoms with Crippen LogP contribution in [0, 0.1) is 11.6 Å². The van der Waals surface area contributed by atoms with Gasteiger partial charge in [-0.25, -0.2) is 18.7 Å². The molecule has 9 nitrogen and oxygen atoms in total. The van der Waals surface area contributed by atoms with Crippen LogP contribution in [0.15, 0.2) is 67.5 Å². The number of hydrogen-bond acceptors (Lipinski definition) is 8. The summed E-state index contributed by atoms with van der Waals surface area (Å²) in [6.07, 6.45) is 4.34. The van der Waals surface area contributed by atoms with Crippen LogP contribution in [0.2, 0.25) is 0 Å². The zero-order valence-corrected chi connectivity index (χ0v) is 21.1. The molecule has 0 bridgehead atoms. The summed E-state index contributed by atoms with van der Waals surface area (Å²) < 4.78 is 30.2. The Morgan fingerprint density at radius 1 is 1.08 bits per heavy atom. The molecule has 0 unspecified atom stereocenters. The number of halogens is 2. The van der Waals surface area contributed by atoms with E-state index in [-0.39, 0.29) is 29.8 Å². The van der Waals surface area contributed by atoms with Gasteiger partial charge in [0.25, 0.3) is 0 Å². The molecule has 1 amide bonds. The minimum Gasteiger partial charge on any atom is -0.395 e. The van der Waals surface area contributed by atoms with E-state index in [0.29, 0.717) is 55.2 Å². The van der Waals surface area contributed by atoms with E-state index in [4.69, 9.17) is 5.11 Å². The third kappa shape index (κ3) is 5.69. The van der Waals surface area contributed by atoms with Crippen molar-refractivity contribution >= 4 is 39.8 Å². The van der Waals surface area contributed by atoms with Crippen molar-refractivity contribution in [1.82, 2.24) is 19.9 Å². The summed E-state index contributed by atoms with van der Waals surface area (Å²) in [7, 11) is 0. The molecule has 4 aromatic rings. The number of fused-ring (bicyclic) bond motifs is 1. The van der Waals surface area contributed by atoms with E-state index >= 15 is 8.78 Å². The number of rotatable bonds is 8. The molecule has 0 atom stereocenters. The van der Waals surface area contributed by atoms with Gasteiger partial charge in [0.15, 0.2) is 11.6 Å². The number of amides is 1. The maximum atomic E-state index is 15.1. The first-order chi connectivity index (χ1) is 19.0. The van der Waals surface area contributed by atoms with Crippen molar-refractivity contribution in [3.8, 4) is 11.3 Å². The second-order valence-corrected chi connectivity index (χ2v) is 9.00. The maximum Gasteiger partial charge on any atom is 0.247 e. The molecule has 5 rings (SSSR count). The molecule has 0 spiro atoms. The lowest BCUT2D eigenvalue weighted by molar-refractivity contribution is -0.111. The van der Waals surface area contributed by atoms with E-state index in [1.165, 1.54) is 12.1 Å². The van der Waals surface area contributed by atoms with Crippen LogP contribution in [0.1, 0.15) is 0 Å². The number of carbonyl (C=O) groups excluding carboxylic acids is 1. The van der Waals surface area contributed by atoms with Crippen LogP contribution in [0.5, 0.6) is 0 Å². The standard InChI is InChI=1S/C28H27F2N7O2/c1-2-24(39)33-19-8-9-31-22(16-19)20-5-3-4-18-17-32-28(35-27(18)20)34-21-6-7-23(26(30)25(21)29)37-12-10-36(11-13-37)14-15-38/h2-9,16-17,38H,1,10-15H2,(H,31,33,39)(H,32,34,35). The fraction of sp³-hybridized carbons (Fsp3) is 0.214. The average Bonchev–Trinajstić information content (AvgIpc) is 2.96. The molecule has 0 aliphatic carbocycles. The third-order valence-corrected chi connectivity index (χ3v) is 6.54. The average molecular weight is 532 g/mol. The lowest BCUT2D eigenvalue weighted by Crippen LogP contribution is -2.47. The van der Waals surface area contributed by atoms with Crippen LogP contribution < -0.4 is 15.5 Å². The molecule has 1 saturated heterocycles. The van der Waals surface area contributed by atoms with Crippen LogP contribution in [-0.4, -0.2) is 70.2 Å². The van der Waals surface area contributed by atoms with Gasteiger partial charge in [-0.1, -0.05) is 24.8 Å². The van der Waals surface area contributed by atoms with Crippen molar-refractivity contribution in [2.45, 2.75) is 0 Å². The first kappa shape index (κ1) is 26.1. The van der Waals surface area contributed by atoms with Gasteiger partial charge in [-0.2, -0.15) is 0 Å². The second kappa shape index (κ2) is 11.5. The normalized spacial score (nSPS) is 13.9. The van der Waals surface area contributed by atoms with Crippen molar-refractivity contribution in [3.63, 3.8) is 0 Å². The van der Waals surface area contributed by atoms with Gasteiger partial charge in [-0.05, 0) is 30.3 Å². The van der Waals surface area contributed by atoms with Crippen molar-refractivity contribution in [2.75, 3.05) is 54.9 Å². The minimum absolute atomic E-state index is 0.0680. The number of aliphatic hydroxyl groups excluding tert-OH is 1. The summed E-state index contributed by atoms with van der Waals surface area (Å²) in [4.78, 5) is 28.9. The topological polar surface area (TPSA) is 107 Å². The number of anilines is 4. The number of hydrogen-bond donors (Lipinski definition) is 3. The number of pyridine rings is 1. The molecule has 0 saturated carbocycles. The minimum atomic E-state index is -1.02. The molecule has 3 heterocycles. The fourth-order valence-electron chi connectivity index (χ4n) is 4.53. The first-order valence-corrected chi connectivity index (χ1v) is 12.5. The highest BCUT2D eigenvalue weighted by Gasteiger charge is 2.23. The van der Waals surface area contributed by atoms with Gasteiger partial charge in [0.1, 0.15) is 0 Å². The molecule has 2 aromatic carbocycles. The van der Waals surface area contributed by atoms with Gasteiger partial charge in [0.2, 0.25) is 11.9 Å². The molecule has 3 N–H and O–H groups in total. The molecule has 39 heavy (non-hydrogen) atoms.